The van der Waals surface area contributed by atoms with Crippen LogP contribution in [0.2, 0.25) is 0 Å². The van der Waals surface area contributed by atoms with Crippen LogP contribution >= 0.6 is 0 Å². The van der Waals surface area contributed by atoms with Crippen LogP contribution in [0.5, 0.6) is 23.0 Å². The van der Waals surface area contributed by atoms with E-state index < -0.39 is 5.60 Å². The van der Waals surface area contributed by atoms with Crippen molar-refractivity contribution in [2.24, 2.45) is 11.8 Å². The first-order chi connectivity index (χ1) is 18.9. The quantitative estimate of drug-likeness (QED) is 0.174. The molecule has 0 bridgehead atoms. The van der Waals surface area contributed by atoms with Crippen molar-refractivity contribution in [1.29, 1.82) is 0 Å². The first-order valence-electron chi connectivity index (χ1n) is 14.4. The molecule has 3 aromatic carbocycles. The third kappa shape index (κ3) is 5.63. The molecule has 2 heterocycles. The molecule has 0 aliphatic carbocycles. The number of carbonyl (C=O) groups excluding carboxylic acids is 1. The maximum atomic E-state index is 13.1. The van der Waals surface area contributed by atoms with Gasteiger partial charge in [0.2, 0.25) is 0 Å². The topological polar surface area (TPSA) is 54.0 Å². The number of benzene rings is 3. The molecular formula is C34H40O5. The second kappa shape index (κ2) is 11.7. The fraction of sp³-hybridized carbons (Fsp3) is 0.441. The van der Waals surface area contributed by atoms with Gasteiger partial charge in [-0.05, 0) is 67.9 Å². The molecule has 0 atom stereocenters. The summed E-state index contributed by atoms with van der Waals surface area (Å²) in [4.78, 5) is 13.1. The van der Waals surface area contributed by atoms with Gasteiger partial charge in [0.05, 0.1) is 18.8 Å². The van der Waals surface area contributed by atoms with Gasteiger partial charge in [0, 0.05) is 28.8 Å². The minimum Gasteiger partial charge on any atom is -0.493 e. The Morgan fingerprint density at radius 3 is 1.77 bits per heavy atom. The molecule has 5 rings (SSSR count). The highest BCUT2D eigenvalue weighted by atomic mass is 16.6. The predicted octanol–water partition coefficient (Wildman–Crippen LogP) is 8.66. The highest BCUT2D eigenvalue weighted by molar-refractivity contribution is 5.97. The van der Waals surface area contributed by atoms with Crippen LogP contribution in [0.4, 0.5) is 0 Å². The van der Waals surface area contributed by atoms with Crippen LogP contribution in [0.3, 0.4) is 0 Å². The van der Waals surface area contributed by atoms with Crippen LogP contribution in [-0.2, 0) is 10.3 Å². The smallest absolute Gasteiger partial charge is 0.340 e. The normalized spacial score (nSPS) is 14.6. The number of rotatable bonds is 12. The summed E-state index contributed by atoms with van der Waals surface area (Å²) in [6, 6.07) is 19.3. The molecule has 39 heavy (non-hydrogen) atoms. The maximum Gasteiger partial charge on any atom is 0.340 e. The Labute approximate surface area is 232 Å². The second-order valence-corrected chi connectivity index (χ2v) is 11.5. The first-order valence-corrected chi connectivity index (χ1v) is 14.4. The van der Waals surface area contributed by atoms with E-state index in [4.69, 9.17) is 18.9 Å². The zero-order chi connectivity index (χ0) is 27.4. The van der Waals surface area contributed by atoms with Gasteiger partial charge in [0.1, 0.15) is 23.0 Å². The summed E-state index contributed by atoms with van der Waals surface area (Å²) in [6.07, 6.45) is 6.69. The monoisotopic (exact) mass is 528 g/mol. The molecule has 3 aromatic rings. The van der Waals surface area contributed by atoms with Gasteiger partial charge in [0.15, 0.2) is 5.60 Å². The number of fused-ring (bicyclic) bond motifs is 6. The summed E-state index contributed by atoms with van der Waals surface area (Å²) < 4.78 is 24.9. The van der Waals surface area contributed by atoms with Gasteiger partial charge in [-0.15, -0.1) is 0 Å². The van der Waals surface area contributed by atoms with Crippen molar-refractivity contribution in [3.63, 3.8) is 0 Å². The molecule has 1 spiro atoms. The molecule has 206 valence electrons. The van der Waals surface area contributed by atoms with Crippen molar-refractivity contribution in [2.75, 3.05) is 13.2 Å². The van der Waals surface area contributed by atoms with Gasteiger partial charge < -0.3 is 18.9 Å². The fourth-order valence-corrected chi connectivity index (χ4v) is 5.51. The van der Waals surface area contributed by atoms with Crippen LogP contribution in [0, 0.1) is 11.8 Å². The Morgan fingerprint density at radius 1 is 0.692 bits per heavy atom. The van der Waals surface area contributed by atoms with Crippen molar-refractivity contribution in [1.82, 2.24) is 0 Å². The van der Waals surface area contributed by atoms with E-state index in [1.165, 1.54) is 12.8 Å². The minimum atomic E-state index is -1.08. The molecule has 0 N–H and O–H groups in total. The molecule has 2 aliphatic rings. The lowest BCUT2D eigenvalue weighted by Gasteiger charge is -2.36. The number of ether oxygens (including phenoxy) is 4. The zero-order valence-corrected chi connectivity index (χ0v) is 23.6. The van der Waals surface area contributed by atoms with Crippen LogP contribution in [0.1, 0.15) is 93.3 Å². The standard InChI is InChI=1S/C34H40O5/c1-23(2)11-7-9-19-36-25-15-17-29-31(21-25)38-32-22-26(37-20-10-8-12-24(3)4)16-18-30(32)34(29)28-14-6-5-13-27(28)33(35)39-34/h5-6,13-18,21-24H,7-12,19-20H2,1-4H3. The SMILES string of the molecule is CC(C)CCCCOc1ccc2c(c1)Oc1cc(OCCCCC(C)C)ccc1C21OC(=O)c2ccccc21. The van der Waals surface area contributed by atoms with Gasteiger partial charge in [-0.3, -0.25) is 0 Å². The number of carbonyl (C=O) groups is 1. The van der Waals surface area contributed by atoms with Crippen LogP contribution in [-0.4, -0.2) is 19.2 Å². The number of unbranched alkanes of at least 4 members (excludes halogenated alkanes) is 2. The molecule has 0 aromatic heterocycles. The van der Waals surface area contributed by atoms with Gasteiger partial charge in [-0.1, -0.05) is 58.7 Å². The molecule has 0 saturated heterocycles. The largest absolute Gasteiger partial charge is 0.493 e. The molecular weight excluding hydrogens is 488 g/mol. The van der Waals surface area contributed by atoms with Crippen molar-refractivity contribution < 1.29 is 23.7 Å². The van der Waals surface area contributed by atoms with Crippen LogP contribution in [0.25, 0.3) is 0 Å². The third-order valence-corrected chi connectivity index (χ3v) is 7.55. The average Bonchev–Trinajstić information content (AvgIpc) is 3.20. The second-order valence-electron chi connectivity index (χ2n) is 11.5. The number of esters is 1. The van der Waals surface area contributed by atoms with Gasteiger partial charge in [0.25, 0.3) is 0 Å². The van der Waals surface area contributed by atoms with Gasteiger partial charge in [-0.2, -0.15) is 0 Å². The number of hydrogen-bond acceptors (Lipinski definition) is 5. The van der Waals surface area contributed by atoms with E-state index in [9.17, 15) is 4.79 Å². The van der Waals surface area contributed by atoms with E-state index in [2.05, 4.69) is 27.7 Å². The van der Waals surface area contributed by atoms with Crippen molar-refractivity contribution in [3.8, 4) is 23.0 Å². The van der Waals surface area contributed by atoms with Crippen molar-refractivity contribution in [3.05, 3.63) is 82.9 Å². The van der Waals surface area contributed by atoms with Crippen LogP contribution < -0.4 is 14.2 Å². The van der Waals surface area contributed by atoms with Crippen molar-refractivity contribution >= 4 is 5.97 Å². The average molecular weight is 529 g/mol. The van der Waals surface area contributed by atoms with Crippen molar-refractivity contribution in [2.45, 2.75) is 71.8 Å². The van der Waals surface area contributed by atoms with Gasteiger partial charge in [-0.25, -0.2) is 4.79 Å². The molecule has 0 radical (unpaired) electrons. The maximum absolute atomic E-state index is 13.1. The summed E-state index contributed by atoms with van der Waals surface area (Å²) in [5.74, 6) is 3.80. The summed E-state index contributed by atoms with van der Waals surface area (Å²) in [6.45, 7) is 10.3. The molecule has 5 heteroatoms. The Bertz CT molecular complexity index is 1240. The van der Waals surface area contributed by atoms with E-state index in [0.29, 0.717) is 42.1 Å². The molecule has 0 amide bonds. The summed E-state index contributed by atoms with van der Waals surface area (Å²) in [5, 5.41) is 0. The van der Waals surface area contributed by atoms with Gasteiger partial charge >= 0.3 is 5.97 Å². The number of hydrogen-bond donors (Lipinski definition) is 0. The Morgan fingerprint density at radius 2 is 1.23 bits per heavy atom. The van der Waals surface area contributed by atoms with E-state index in [-0.39, 0.29) is 5.97 Å². The molecule has 0 saturated carbocycles. The molecule has 5 nitrogen and oxygen atoms in total. The summed E-state index contributed by atoms with van der Waals surface area (Å²) in [5.41, 5.74) is 1.91. The lowest BCUT2D eigenvalue weighted by Crippen LogP contribution is -2.33. The summed E-state index contributed by atoms with van der Waals surface area (Å²) in [7, 11) is 0. The first kappa shape index (κ1) is 27.1. The van der Waals surface area contributed by atoms with Crippen LogP contribution in [0.15, 0.2) is 60.7 Å². The highest BCUT2D eigenvalue weighted by Gasteiger charge is 2.53. The fourth-order valence-electron chi connectivity index (χ4n) is 5.51. The lowest BCUT2D eigenvalue weighted by molar-refractivity contribution is 0.0224. The highest BCUT2D eigenvalue weighted by Crippen LogP contribution is 2.57. The predicted molar refractivity (Wildman–Crippen MR) is 153 cm³/mol. The molecule has 0 fully saturated rings. The Balaban J connectivity index is 1.44. The molecule has 2 aliphatic heterocycles. The summed E-state index contributed by atoms with van der Waals surface area (Å²) >= 11 is 0. The lowest BCUT2D eigenvalue weighted by atomic mass is 9.77. The Hall–Kier alpha value is -3.47. The van der Waals surface area contributed by atoms with E-state index in [1.54, 1.807) is 0 Å². The molecule has 0 unspecified atom stereocenters. The van der Waals surface area contributed by atoms with E-state index in [1.807, 2.05) is 60.7 Å². The Kier molecular flexibility index (Phi) is 8.15. The minimum absolute atomic E-state index is 0.333. The third-order valence-electron chi connectivity index (χ3n) is 7.55. The zero-order valence-electron chi connectivity index (χ0n) is 23.6. The van der Waals surface area contributed by atoms with E-state index in [0.717, 1.165) is 53.9 Å². The van der Waals surface area contributed by atoms with E-state index >= 15 is 0 Å².